The average Bonchev–Trinajstić information content (AvgIpc) is 2.56. The number of nitrogens with one attached hydrogen (secondary N) is 1. The molecule has 0 fully saturated rings. The van der Waals surface area contributed by atoms with Crippen molar-refractivity contribution >= 4 is 5.91 Å². The van der Waals surface area contributed by atoms with E-state index in [4.69, 9.17) is 10.3 Å². The number of aryl methyl sites for hydroxylation is 2. The first-order valence-electron chi connectivity index (χ1n) is 5.51. The van der Waals surface area contributed by atoms with Crippen LogP contribution in [0.3, 0.4) is 0 Å². The van der Waals surface area contributed by atoms with Gasteiger partial charge >= 0.3 is 0 Å². The maximum Gasteiger partial charge on any atom is 0.237 e. The maximum atomic E-state index is 11.6. The number of nitrogens with zero attached hydrogens (tertiary/aromatic N) is 1. The topological polar surface area (TPSA) is 81.2 Å². The van der Waals surface area contributed by atoms with Crippen LogP contribution < -0.4 is 11.1 Å². The first kappa shape index (κ1) is 12.7. The molecule has 0 aliphatic carbocycles. The van der Waals surface area contributed by atoms with E-state index in [1.54, 1.807) is 0 Å². The molecule has 0 spiro atoms. The van der Waals surface area contributed by atoms with E-state index in [0.717, 1.165) is 23.4 Å². The molecule has 0 saturated heterocycles. The van der Waals surface area contributed by atoms with Gasteiger partial charge in [0.15, 0.2) is 0 Å². The molecule has 1 heterocycles. The zero-order valence-electron chi connectivity index (χ0n) is 10.0. The van der Waals surface area contributed by atoms with E-state index >= 15 is 0 Å². The van der Waals surface area contributed by atoms with Crippen LogP contribution in [-0.4, -0.2) is 17.1 Å². The fraction of sp³-hybridized carbons (Fsp3) is 0.636. The zero-order valence-corrected chi connectivity index (χ0v) is 10.0. The third-order valence-electron chi connectivity index (χ3n) is 2.56. The van der Waals surface area contributed by atoms with Gasteiger partial charge in [-0.25, -0.2) is 0 Å². The Labute approximate surface area is 95.4 Å². The molecule has 0 aliphatic heterocycles. The summed E-state index contributed by atoms with van der Waals surface area (Å²) in [6.45, 7) is 6.11. The van der Waals surface area contributed by atoms with E-state index in [1.165, 1.54) is 0 Å². The van der Waals surface area contributed by atoms with Gasteiger partial charge in [0.1, 0.15) is 5.76 Å². The average molecular weight is 225 g/mol. The summed E-state index contributed by atoms with van der Waals surface area (Å²) in [6.07, 6.45) is 1.60. The molecule has 0 unspecified atom stereocenters. The second-order valence-corrected chi connectivity index (χ2v) is 3.92. The number of carbonyl (C=O) groups excluding carboxylic acids is 1. The molecule has 1 aromatic rings. The number of hydrogen-bond donors (Lipinski definition) is 2. The molecule has 1 rings (SSSR count). The van der Waals surface area contributed by atoms with E-state index < -0.39 is 6.04 Å². The summed E-state index contributed by atoms with van der Waals surface area (Å²) >= 11 is 0. The fourth-order valence-electron chi connectivity index (χ4n) is 1.50. The minimum Gasteiger partial charge on any atom is -0.361 e. The molecular weight excluding hydrogens is 206 g/mol. The Balaban J connectivity index is 2.49. The van der Waals surface area contributed by atoms with Crippen LogP contribution >= 0.6 is 0 Å². The molecular formula is C11H19N3O2. The molecule has 0 saturated carbocycles. The highest BCUT2D eigenvalue weighted by Gasteiger charge is 2.14. The molecule has 0 radical (unpaired) electrons. The highest BCUT2D eigenvalue weighted by Crippen LogP contribution is 2.11. The van der Waals surface area contributed by atoms with Crippen LogP contribution in [-0.2, 0) is 11.3 Å². The highest BCUT2D eigenvalue weighted by atomic mass is 16.5. The Morgan fingerprint density at radius 1 is 1.56 bits per heavy atom. The predicted molar refractivity (Wildman–Crippen MR) is 60.7 cm³/mol. The van der Waals surface area contributed by atoms with Gasteiger partial charge in [0.25, 0.3) is 0 Å². The van der Waals surface area contributed by atoms with E-state index in [-0.39, 0.29) is 5.91 Å². The number of hydrogen-bond acceptors (Lipinski definition) is 4. The minimum atomic E-state index is -0.425. The quantitative estimate of drug-likeness (QED) is 0.784. The van der Waals surface area contributed by atoms with Crippen LogP contribution in [0, 0.1) is 13.8 Å². The summed E-state index contributed by atoms with van der Waals surface area (Å²) in [5, 5.41) is 6.61. The number of rotatable bonds is 5. The van der Waals surface area contributed by atoms with Crippen LogP contribution in [0.2, 0.25) is 0 Å². The summed E-state index contributed by atoms with van der Waals surface area (Å²) in [4.78, 5) is 11.6. The Hall–Kier alpha value is -1.36. The zero-order chi connectivity index (χ0) is 12.1. The van der Waals surface area contributed by atoms with Gasteiger partial charge in [-0.2, -0.15) is 0 Å². The Bertz CT molecular complexity index is 341. The van der Waals surface area contributed by atoms with Gasteiger partial charge in [0.2, 0.25) is 5.91 Å². The van der Waals surface area contributed by atoms with Crippen LogP contribution in [0.15, 0.2) is 4.52 Å². The van der Waals surface area contributed by atoms with Crippen LogP contribution in [0.4, 0.5) is 0 Å². The van der Waals surface area contributed by atoms with E-state index in [2.05, 4.69) is 10.5 Å². The lowest BCUT2D eigenvalue weighted by molar-refractivity contribution is -0.122. The van der Waals surface area contributed by atoms with Crippen molar-refractivity contribution in [2.45, 2.75) is 46.2 Å². The number of aromatic nitrogens is 1. The lowest BCUT2D eigenvalue weighted by Gasteiger charge is -2.10. The van der Waals surface area contributed by atoms with Crippen molar-refractivity contribution in [1.82, 2.24) is 10.5 Å². The van der Waals surface area contributed by atoms with Crippen LogP contribution in [0.25, 0.3) is 0 Å². The monoisotopic (exact) mass is 225 g/mol. The van der Waals surface area contributed by atoms with Gasteiger partial charge in [-0.15, -0.1) is 0 Å². The van der Waals surface area contributed by atoms with E-state index in [9.17, 15) is 4.79 Å². The maximum absolute atomic E-state index is 11.6. The smallest absolute Gasteiger partial charge is 0.237 e. The van der Waals surface area contributed by atoms with Crippen molar-refractivity contribution in [3.63, 3.8) is 0 Å². The third-order valence-corrected chi connectivity index (χ3v) is 2.56. The molecule has 5 nitrogen and oxygen atoms in total. The van der Waals surface area contributed by atoms with E-state index in [0.29, 0.717) is 13.0 Å². The largest absolute Gasteiger partial charge is 0.361 e. The normalized spacial score (nSPS) is 12.5. The molecule has 1 atom stereocenters. The van der Waals surface area contributed by atoms with Gasteiger partial charge in [-0.05, 0) is 20.3 Å². The van der Waals surface area contributed by atoms with Crippen molar-refractivity contribution in [2.24, 2.45) is 5.73 Å². The summed E-state index contributed by atoms with van der Waals surface area (Å²) < 4.78 is 5.00. The SMILES string of the molecule is CCC[C@H](N)C(=O)NCc1c(C)noc1C. The van der Waals surface area contributed by atoms with Gasteiger partial charge < -0.3 is 15.6 Å². The standard InChI is InChI=1S/C11H19N3O2/c1-4-5-10(12)11(15)13-6-9-7(2)14-16-8(9)3/h10H,4-6,12H2,1-3H3,(H,13,15)/t10-/m0/s1. The van der Waals surface area contributed by atoms with Crippen molar-refractivity contribution < 1.29 is 9.32 Å². The highest BCUT2D eigenvalue weighted by molar-refractivity contribution is 5.81. The molecule has 0 bridgehead atoms. The summed E-state index contributed by atoms with van der Waals surface area (Å²) in [7, 11) is 0. The van der Waals surface area contributed by atoms with Crippen molar-refractivity contribution in [2.75, 3.05) is 0 Å². The first-order chi connectivity index (χ1) is 7.56. The van der Waals surface area contributed by atoms with Gasteiger partial charge in [0.05, 0.1) is 11.7 Å². The van der Waals surface area contributed by atoms with Crippen molar-refractivity contribution in [1.29, 1.82) is 0 Å². The Morgan fingerprint density at radius 3 is 2.75 bits per heavy atom. The number of nitrogens with two attached hydrogens (primary N) is 1. The first-order valence-corrected chi connectivity index (χ1v) is 5.51. The molecule has 0 aromatic carbocycles. The second-order valence-electron chi connectivity index (χ2n) is 3.92. The van der Waals surface area contributed by atoms with E-state index in [1.807, 2.05) is 20.8 Å². The lowest BCUT2D eigenvalue weighted by atomic mass is 10.1. The molecule has 5 heteroatoms. The molecule has 3 N–H and O–H groups in total. The van der Waals surface area contributed by atoms with Crippen molar-refractivity contribution in [3.05, 3.63) is 17.0 Å². The third kappa shape index (κ3) is 3.06. The van der Waals surface area contributed by atoms with Crippen LogP contribution in [0.1, 0.15) is 36.8 Å². The lowest BCUT2D eigenvalue weighted by Crippen LogP contribution is -2.40. The fourth-order valence-corrected chi connectivity index (χ4v) is 1.50. The Morgan fingerprint density at radius 2 is 2.25 bits per heavy atom. The van der Waals surface area contributed by atoms with Crippen LogP contribution in [0.5, 0.6) is 0 Å². The molecule has 1 aromatic heterocycles. The van der Waals surface area contributed by atoms with Gasteiger partial charge in [0, 0.05) is 12.1 Å². The summed E-state index contributed by atoms with van der Waals surface area (Å²) in [5.74, 6) is 0.615. The number of carbonyl (C=O) groups is 1. The summed E-state index contributed by atoms with van der Waals surface area (Å²) in [6, 6.07) is -0.425. The minimum absolute atomic E-state index is 0.123. The van der Waals surface area contributed by atoms with Gasteiger partial charge in [-0.3, -0.25) is 4.79 Å². The molecule has 16 heavy (non-hydrogen) atoms. The molecule has 1 amide bonds. The number of amides is 1. The predicted octanol–water partition coefficient (Wildman–Crippen LogP) is 1.04. The summed E-state index contributed by atoms with van der Waals surface area (Å²) in [5.41, 5.74) is 7.43. The Kier molecular flexibility index (Phi) is 4.49. The molecule has 0 aliphatic rings. The van der Waals surface area contributed by atoms with Crippen molar-refractivity contribution in [3.8, 4) is 0 Å². The molecule has 90 valence electrons. The second kappa shape index (κ2) is 5.65. The van der Waals surface area contributed by atoms with Gasteiger partial charge in [-0.1, -0.05) is 18.5 Å².